The van der Waals surface area contributed by atoms with E-state index in [1.807, 2.05) is 18.4 Å². The van der Waals surface area contributed by atoms with E-state index in [1.165, 1.54) is 23.1 Å². The van der Waals surface area contributed by atoms with Crippen LogP contribution in [0.25, 0.3) is 6.08 Å². The second-order valence-electron chi connectivity index (χ2n) is 4.83. The Balaban J connectivity index is 1.66. The van der Waals surface area contributed by atoms with Gasteiger partial charge < -0.3 is 4.98 Å². The minimum Gasteiger partial charge on any atom is -0.301 e. The number of aromatic amines is 1. The molecule has 2 aromatic heterocycles. The molecule has 2 aromatic rings. The van der Waals surface area contributed by atoms with Crippen LogP contribution in [0.5, 0.6) is 0 Å². The maximum absolute atomic E-state index is 11.9. The minimum atomic E-state index is -0.108. The van der Waals surface area contributed by atoms with Crippen LogP contribution in [-0.2, 0) is 17.6 Å². The monoisotopic (exact) mass is 319 g/mol. The number of thioether (sulfide) groups is 1. The van der Waals surface area contributed by atoms with Gasteiger partial charge in [-0.1, -0.05) is 17.3 Å². The molecule has 0 saturated carbocycles. The maximum atomic E-state index is 11.9. The molecule has 0 aliphatic heterocycles. The summed E-state index contributed by atoms with van der Waals surface area (Å²) in [5, 5.41) is 3.16. The van der Waals surface area contributed by atoms with Crippen molar-refractivity contribution >= 4 is 35.0 Å². The molecule has 0 spiro atoms. The van der Waals surface area contributed by atoms with Crippen LogP contribution < -0.4 is 5.56 Å². The number of ketones is 1. The van der Waals surface area contributed by atoms with E-state index >= 15 is 0 Å². The van der Waals surface area contributed by atoms with Gasteiger partial charge in [0.05, 0.1) is 22.9 Å². The second kappa shape index (κ2) is 5.95. The number of allylic oxidation sites excluding steroid dienone is 1. The predicted molar refractivity (Wildman–Crippen MR) is 83.8 cm³/mol. The van der Waals surface area contributed by atoms with E-state index in [2.05, 4.69) is 15.0 Å². The molecule has 1 aliphatic carbocycles. The van der Waals surface area contributed by atoms with Crippen molar-refractivity contribution in [2.24, 2.45) is 0 Å². The smallest absolute Gasteiger partial charge is 0.255 e. The van der Waals surface area contributed by atoms with E-state index < -0.39 is 0 Å². The number of fused-ring (bicyclic) bond motifs is 1. The second-order valence-corrected chi connectivity index (χ2v) is 6.78. The molecule has 0 aromatic carbocycles. The minimum absolute atomic E-state index is 0.0739. The Kier molecular flexibility index (Phi) is 4.03. The molecule has 0 amide bonds. The average molecular weight is 319 g/mol. The highest BCUT2D eigenvalue weighted by atomic mass is 32.2. The van der Waals surface area contributed by atoms with Crippen LogP contribution in [0.2, 0.25) is 0 Å². The van der Waals surface area contributed by atoms with Crippen LogP contribution in [0.15, 0.2) is 27.1 Å². The topological polar surface area (TPSA) is 75.7 Å². The fourth-order valence-corrected chi connectivity index (χ4v) is 3.50. The molecular formula is C14H13N3O2S2. The number of aromatic nitrogens is 3. The molecule has 5 nitrogen and oxygen atoms in total. The summed E-state index contributed by atoms with van der Waals surface area (Å²) in [4.78, 5) is 35.0. The van der Waals surface area contributed by atoms with Crippen LogP contribution in [0.3, 0.4) is 0 Å². The first-order chi connectivity index (χ1) is 10.1. The number of carbonyl (C=O) groups excluding carboxylic acids is 1. The molecule has 0 saturated heterocycles. The molecular weight excluding hydrogens is 306 g/mol. The van der Waals surface area contributed by atoms with E-state index in [-0.39, 0.29) is 17.1 Å². The fraction of sp³-hybridized carbons (Fsp3) is 0.286. The van der Waals surface area contributed by atoms with Gasteiger partial charge in [0.15, 0.2) is 5.16 Å². The quantitative estimate of drug-likeness (QED) is 0.674. The van der Waals surface area contributed by atoms with Crippen LogP contribution in [0.1, 0.15) is 23.2 Å². The standard InChI is InChI=1S/C14H13N3O2S2/c1-8-4-10-11(5-8)16-14(17-13(10)19)21-7-9(18)6-12-15-2-3-20-12/h2-3,5H,4,6-7H2,1H3,(H,16,17,19). The van der Waals surface area contributed by atoms with Crippen molar-refractivity contribution in [2.75, 3.05) is 5.75 Å². The molecule has 1 N–H and O–H groups in total. The van der Waals surface area contributed by atoms with Crippen molar-refractivity contribution < 1.29 is 4.79 Å². The number of nitrogens with zero attached hydrogens (tertiary/aromatic N) is 2. The molecule has 0 atom stereocenters. The number of carbonyl (C=O) groups is 1. The lowest BCUT2D eigenvalue weighted by Gasteiger charge is -2.02. The molecule has 1 aliphatic rings. The highest BCUT2D eigenvalue weighted by Crippen LogP contribution is 2.22. The number of Topliss-reactive ketones (excluding diaryl/α,β-unsaturated/α-hetero) is 1. The lowest BCUT2D eigenvalue weighted by atomic mass is 10.2. The molecule has 108 valence electrons. The molecule has 2 heterocycles. The van der Waals surface area contributed by atoms with Crippen LogP contribution in [0.4, 0.5) is 0 Å². The molecule has 0 bridgehead atoms. The van der Waals surface area contributed by atoms with Gasteiger partial charge in [-0.05, 0) is 13.0 Å². The molecule has 0 radical (unpaired) electrons. The highest BCUT2D eigenvalue weighted by molar-refractivity contribution is 7.99. The maximum Gasteiger partial charge on any atom is 0.255 e. The summed E-state index contributed by atoms with van der Waals surface area (Å²) >= 11 is 2.73. The molecule has 0 unspecified atom stereocenters. The van der Waals surface area contributed by atoms with Gasteiger partial charge in [-0.25, -0.2) is 9.97 Å². The van der Waals surface area contributed by atoms with Crippen molar-refractivity contribution in [2.45, 2.75) is 24.9 Å². The van der Waals surface area contributed by atoms with Crippen molar-refractivity contribution in [3.05, 3.63) is 43.8 Å². The summed E-state index contributed by atoms with van der Waals surface area (Å²) in [7, 11) is 0. The third-order valence-corrected chi connectivity index (χ3v) is 4.78. The molecule has 3 rings (SSSR count). The number of H-pyrrole nitrogens is 1. The SMILES string of the molecule is CC1=Cc2nc(SCC(=O)Cc3nccs3)[nH]c(=O)c2C1. The van der Waals surface area contributed by atoms with E-state index in [0.29, 0.717) is 23.6 Å². The van der Waals surface area contributed by atoms with Crippen molar-refractivity contribution in [1.82, 2.24) is 15.0 Å². The van der Waals surface area contributed by atoms with Crippen molar-refractivity contribution in [1.29, 1.82) is 0 Å². The Labute approximate surface area is 129 Å². The lowest BCUT2D eigenvalue weighted by Crippen LogP contribution is -2.16. The molecule has 21 heavy (non-hydrogen) atoms. The Bertz CT molecular complexity index is 763. The van der Waals surface area contributed by atoms with Gasteiger partial charge in [0.25, 0.3) is 5.56 Å². The summed E-state index contributed by atoms with van der Waals surface area (Å²) in [6, 6.07) is 0. The number of hydrogen-bond donors (Lipinski definition) is 1. The van der Waals surface area contributed by atoms with E-state index in [1.54, 1.807) is 6.20 Å². The fourth-order valence-electron chi connectivity index (χ4n) is 2.12. The third kappa shape index (κ3) is 3.30. The van der Waals surface area contributed by atoms with Gasteiger partial charge in [-0.2, -0.15) is 0 Å². The van der Waals surface area contributed by atoms with E-state index in [4.69, 9.17) is 0 Å². The summed E-state index contributed by atoms with van der Waals surface area (Å²) < 4.78 is 0. The number of nitrogens with one attached hydrogen (secondary N) is 1. The molecule has 0 fully saturated rings. The average Bonchev–Trinajstić information content (AvgIpc) is 3.05. The Morgan fingerprint density at radius 1 is 1.52 bits per heavy atom. The first kappa shape index (κ1) is 14.2. The van der Waals surface area contributed by atoms with E-state index in [9.17, 15) is 9.59 Å². The van der Waals surface area contributed by atoms with E-state index in [0.717, 1.165) is 16.3 Å². The van der Waals surface area contributed by atoms with Crippen LogP contribution >= 0.6 is 23.1 Å². The zero-order valence-electron chi connectivity index (χ0n) is 11.4. The first-order valence-corrected chi connectivity index (χ1v) is 8.31. The zero-order chi connectivity index (χ0) is 14.8. The predicted octanol–water partition coefficient (Wildman–Crippen LogP) is 2.09. The van der Waals surface area contributed by atoms with Gasteiger partial charge in [-0.15, -0.1) is 11.3 Å². The summed E-state index contributed by atoms with van der Waals surface area (Å²) in [5.74, 6) is 0.356. The number of hydrogen-bond acceptors (Lipinski definition) is 6. The Morgan fingerprint density at radius 3 is 3.14 bits per heavy atom. The Hall–Kier alpha value is -1.73. The van der Waals surface area contributed by atoms with Gasteiger partial charge in [0.1, 0.15) is 5.78 Å². The van der Waals surface area contributed by atoms with Crippen molar-refractivity contribution in [3.63, 3.8) is 0 Å². The highest BCUT2D eigenvalue weighted by Gasteiger charge is 2.17. The zero-order valence-corrected chi connectivity index (χ0v) is 13.0. The van der Waals surface area contributed by atoms with Crippen LogP contribution in [0, 0.1) is 0 Å². The Morgan fingerprint density at radius 2 is 2.38 bits per heavy atom. The van der Waals surface area contributed by atoms with Crippen molar-refractivity contribution in [3.8, 4) is 0 Å². The summed E-state index contributed by atoms with van der Waals surface area (Å²) in [6.45, 7) is 1.98. The lowest BCUT2D eigenvalue weighted by molar-refractivity contribution is -0.116. The van der Waals surface area contributed by atoms with Crippen LogP contribution in [-0.4, -0.2) is 26.5 Å². The first-order valence-electron chi connectivity index (χ1n) is 6.45. The molecule has 7 heteroatoms. The van der Waals surface area contributed by atoms with Gasteiger partial charge in [0.2, 0.25) is 0 Å². The summed E-state index contributed by atoms with van der Waals surface area (Å²) in [5.41, 5.74) is 2.46. The largest absolute Gasteiger partial charge is 0.301 e. The normalized spacial score (nSPS) is 13.1. The number of thiazole rings is 1. The van der Waals surface area contributed by atoms with Gasteiger partial charge in [0, 0.05) is 23.6 Å². The number of rotatable bonds is 5. The van der Waals surface area contributed by atoms with Gasteiger partial charge >= 0.3 is 0 Å². The van der Waals surface area contributed by atoms with Gasteiger partial charge in [-0.3, -0.25) is 9.59 Å². The summed E-state index contributed by atoms with van der Waals surface area (Å²) in [6.07, 6.45) is 4.60. The third-order valence-electron chi connectivity index (χ3n) is 3.07.